The largest absolute Gasteiger partial charge is 0.355 e. The van der Waals surface area contributed by atoms with Gasteiger partial charge in [0.2, 0.25) is 0 Å². The Morgan fingerprint density at radius 1 is 1.14 bits per heavy atom. The van der Waals surface area contributed by atoms with Gasteiger partial charge < -0.3 is 4.84 Å². The molecular formula is C27H23F3N4O. The third kappa shape index (κ3) is 5.48. The maximum Gasteiger partial charge on any atom is 0.180 e. The van der Waals surface area contributed by atoms with Gasteiger partial charge in [-0.25, -0.2) is 17.9 Å². The lowest BCUT2D eigenvalue weighted by Crippen LogP contribution is -2.11. The Balaban J connectivity index is 1.69. The summed E-state index contributed by atoms with van der Waals surface area (Å²) in [5, 5.41) is 12.4. The van der Waals surface area contributed by atoms with Gasteiger partial charge in [-0.05, 0) is 19.4 Å². The third-order valence-corrected chi connectivity index (χ3v) is 5.38. The first kappa shape index (κ1) is 23.9. The van der Waals surface area contributed by atoms with Crippen molar-refractivity contribution < 1.29 is 18.0 Å². The average Bonchev–Trinajstić information content (AvgIpc) is 3.17. The summed E-state index contributed by atoms with van der Waals surface area (Å²) in [6.45, 7) is 5.45. The smallest absolute Gasteiger partial charge is 0.180 e. The molecule has 1 atom stereocenters. The number of hydrogen-bond acceptors (Lipinski definition) is 4. The minimum atomic E-state index is -0.819. The predicted octanol–water partition coefficient (Wildman–Crippen LogP) is 7.26. The summed E-state index contributed by atoms with van der Waals surface area (Å²) in [4.78, 5) is 5.49. The van der Waals surface area contributed by atoms with E-state index in [-0.39, 0.29) is 29.2 Å². The molecule has 2 aliphatic rings. The van der Waals surface area contributed by atoms with Crippen molar-refractivity contribution in [3.63, 3.8) is 0 Å². The van der Waals surface area contributed by atoms with Gasteiger partial charge in [0.05, 0.1) is 5.71 Å². The van der Waals surface area contributed by atoms with Gasteiger partial charge in [-0.15, -0.1) is 5.10 Å². The lowest BCUT2D eigenvalue weighted by Gasteiger charge is -2.15. The fourth-order valence-corrected chi connectivity index (χ4v) is 3.61. The second kappa shape index (κ2) is 10.8. The van der Waals surface area contributed by atoms with Crippen LogP contribution in [0.1, 0.15) is 31.5 Å². The second-order valence-corrected chi connectivity index (χ2v) is 7.85. The zero-order valence-corrected chi connectivity index (χ0v) is 19.0. The Morgan fingerprint density at radius 2 is 1.94 bits per heavy atom. The Hall–Kier alpha value is -4.20. The highest BCUT2D eigenvalue weighted by molar-refractivity contribution is 6.01. The fourth-order valence-electron chi connectivity index (χ4n) is 3.61. The SMILES string of the molecule is C=C(O/N=C(C)/C1=C(F)/C=C(/F)CC\C=C\1)c1nnn(C2C=CC=CC=C2F)c1-c1ccccc1. The third-order valence-electron chi connectivity index (χ3n) is 5.38. The minimum Gasteiger partial charge on any atom is -0.355 e. The normalized spacial score (nSPS) is 23.0. The van der Waals surface area contributed by atoms with Crippen LogP contribution < -0.4 is 0 Å². The van der Waals surface area contributed by atoms with E-state index in [2.05, 4.69) is 22.0 Å². The number of hydrogen-bond donors (Lipinski definition) is 0. The van der Waals surface area contributed by atoms with E-state index in [0.717, 1.165) is 6.08 Å². The topological polar surface area (TPSA) is 52.3 Å². The zero-order valence-electron chi connectivity index (χ0n) is 19.0. The molecule has 2 aromatic rings. The summed E-state index contributed by atoms with van der Waals surface area (Å²) in [5.74, 6) is -1.67. The number of aromatic nitrogens is 3. The first-order chi connectivity index (χ1) is 17.0. The zero-order chi connectivity index (χ0) is 24.8. The summed E-state index contributed by atoms with van der Waals surface area (Å²) in [7, 11) is 0. The van der Waals surface area contributed by atoms with Crippen molar-refractivity contribution in [2.24, 2.45) is 5.16 Å². The Morgan fingerprint density at radius 3 is 2.74 bits per heavy atom. The Labute approximate surface area is 201 Å². The quantitative estimate of drug-likeness (QED) is 0.251. The molecular weight excluding hydrogens is 453 g/mol. The molecule has 0 N–H and O–H groups in total. The molecule has 2 aliphatic carbocycles. The molecule has 0 saturated heterocycles. The maximum absolute atomic E-state index is 14.8. The van der Waals surface area contributed by atoms with Gasteiger partial charge in [0.1, 0.15) is 29.2 Å². The lowest BCUT2D eigenvalue weighted by atomic mass is 10.1. The van der Waals surface area contributed by atoms with E-state index in [4.69, 9.17) is 4.84 Å². The van der Waals surface area contributed by atoms with Crippen LogP contribution in [0.4, 0.5) is 13.2 Å². The first-order valence-electron chi connectivity index (χ1n) is 11.0. The van der Waals surface area contributed by atoms with Crippen molar-refractivity contribution in [2.75, 3.05) is 0 Å². The van der Waals surface area contributed by atoms with Gasteiger partial charge >= 0.3 is 0 Å². The van der Waals surface area contributed by atoms with E-state index >= 15 is 0 Å². The molecule has 0 bridgehead atoms. The van der Waals surface area contributed by atoms with Crippen LogP contribution in [0.25, 0.3) is 17.0 Å². The van der Waals surface area contributed by atoms with Crippen LogP contribution in [0.2, 0.25) is 0 Å². The molecule has 1 aromatic heterocycles. The Kier molecular flexibility index (Phi) is 7.40. The molecule has 4 rings (SSSR count). The van der Waals surface area contributed by atoms with Gasteiger partial charge in [0.15, 0.2) is 11.5 Å². The summed E-state index contributed by atoms with van der Waals surface area (Å²) < 4.78 is 44.4. The molecule has 0 radical (unpaired) electrons. The monoisotopic (exact) mass is 476 g/mol. The number of nitrogens with zero attached hydrogens (tertiary/aromatic N) is 4. The minimum absolute atomic E-state index is 0.0344. The van der Waals surface area contributed by atoms with E-state index in [1.54, 1.807) is 37.3 Å². The highest BCUT2D eigenvalue weighted by atomic mass is 19.1. The molecule has 1 heterocycles. The van der Waals surface area contributed by atoms with Crippen molar-refractivity contribution >= 4 is 11.5 Å². The number of rotatable bonds is 6. The van der Waals surface area contributed by atoms with Crippen molar-refractivity contribution in [2.45, 2.75) is 25.8 Å². The van der Waals surface area contributed by atoms with Crippen LogP contribution in [-0.2, 0) is 4.84 Å². The van der Waals surface area contributed by atoms with E-state index in [0.29, 0.717) is 17.7 Å². The number of halogens is 3. The first-order valence-corrected chi connectivity index (χ1v) is 11.0. The van der Waals surface area contributed by atoms with Gasteiger partial charge in [0.25, 0.3) is 0 Å². The highest BCUT2D eigenvalue weighted by Crippen LogP contribution is 2.33. The van der Waals surface area contributed by atoms with E-state index in [1.165, 1.54) is 16.8 Å². The van der Waals surface area contributed by atoms with Crippen LogP contribution in [0.5, 0.6) is 0 Å². The molecule has 1 aromatic carbocycles. The summed E-state index contributed by atoms with van der Waals surface area (Å²) in [6.07, 6.45) is 12.7. The van der Waals surface area contributed by atoms with Crippen LogP contribution in [0.15, 0.2) is 114 Å². The van der Waals surface area contributed by atoms with E-state index < -0.39 is 23.5 Å². The molecule has 0 aliphatic heterocycles. The molecule has 8 heteroatoms. The number of allylic oxidation sites excluding steroid dienone is 12. The van der Waals surface area contributed by atoms with Gasteiger partial charge in [0, 0.05) is 23.6 Å². The molecule has 1 unspecified atom stereocenters. The lowest BCUT2D eigenvalue weighted by molar-refractivity contribution is 0.297. The summed E-state index contributed by atoms with van der Waals surface area (Å²) in [6, 6.07) is 8.38. The van der Waals surface area contributed by atoms with Crippen molar-refractivity contribution in [3.8, 4) is 11.3 Å². The van der Waals surface area contributed by atoms with E-state index in [9.17, 15) is 13.2 Å². The van der Waals surface area contributed by atoms with Gasteiger partial charge in [-0.2, -0.15) is 0 Å². The summed E-state index contributed by atoms with van der Waals surface area (Å²) >= 11 is 0. The van der Waals surface area contributed by atoms with Crippen LogP contribution in [-0.4, -0.2) is 20.7 Å². The van der Waals surface area contributed by atoms with Crippen molar-refractivity contribution in [1.29, 1.82) is 0 Å². The van der Waals surface area contributed by atoms with Gasteiger partial charge in [-0.3, -0.25) is 0 Å². The van der Waals surface area contributed by atoms with E-state index in [1.807, 2.05) is 30.3 Å². The van der Waals surface area contributed by atoms with Gasteiger partial charge in [-0.1, -0.05) is 83.7 Å². The molecule has 35 heavy (non-hydrogen) atoms. The molecule has 0 fully saturated rings. The van der Waals surface area contributed by atoms with Crippen LogP contribution in [0, 0.1) is 0 Å². The maximum atomic E-state index is 14.8. The van der Waals surface area contributed by atoms with Crippen molar-refractivity contribution in [3.05, 3.63) is 114 Å². The fraction of sp³-hybridized carbons (Fsp3) is 0.148. The summed E-state index contributed by atoms with van der Waals surface area (Å²) in [5.41, 5.74) is 1.73. The van der Waals surface area contributed by atoms with Crippen molar-refractivity contribution in [1.82, 2.24) is 15.0 Å². The second-order valence-electron chi connectivity index (χ2n) is 7.85. The number of oxime groups is 1. The molecule has 178 valence electrons. The Bertz CT molecular complexity index is 1330. The molecule has 0 amide bonds. The molecule has 0 saturated carbocycles. The predicted molar refractivity (Wildman–Crippen MR) is 131 cm³/mol. The molecule has 0 spiro atoms. The average molecular weight is 477 g/mol. The van der Waals surface area contributed by atoms with Crippen LogP contribution >= 0.6 is 0 Å². The number of benzene rings is 1. The standard InChI is InChI=1S/C27H23F3N4O/c1-18(22-14-10-9-13-21(28)17-24(22)30)32-35-19(2)26-27(20-11-5-3-6-12-20)34(33-31-26)25-16-8-4-7-15-23(25)29/h3-8,10-12,14-17,25H,2,9,13H2,1H3/b14-10+,21-17+,24-22-,32-18+. The highest BCUT2D eigenvalue weighted by Gasteiger charge is 2.25. The molecule has 5 nitrogen and oxygen atoms in total. The van der Waals surface area contributed by atoms with Crippen LogP contribution in [0.3, 0.4) is 0 Å².